The zero-order valence-electron chi connectivity index (χ0n) is 12.2. The Balaban J connectivity index is 0.000000960. The van der Waals surface area contributed by atoms with Crippen molar-refractivity contribution >= 4 is 17.0 Å². The molecule has 0 saturated heterocycles. The monoisotopic (exact) mass is 378 g/mol. The molecule has 4 heteroatoms. The van der Waals surface area contributed by atoms with Crippen molar-refractivity contribution in [3.05, 3.63) is 83.6 Å². The fourth-order valence-corrected chi connectivity index (χ4v) is 3.60. The minimum absolute atomic E-state index is 0. The summed E-state index contributed by atoms with van der Waals surface area (Å²) in [6, 6.07) is 21.1. The molecule has 0 N–H and O–H groups in total. The van der Waals surface area contributed by atoms with Crippen LogP contribution >= 0.6 is 0 Å². The van der Waals surface area contributed by atoms with Gasteiger partial charge in [0.05, 0.1) is 0 Å². The van der Waals surface area contributed by atoms with Crippen LogP contribution in [-0.4, -0.2) is 4.98 Å². The SMILES string of the molecule is [Cl-].[Cl-].[Cr+2][C]1(Cc2ccc3ccccc3n2)C=Cc2ccccc21. The molecule has 0 saturated carbocycles. The summed E-state index contributed by atoms with van der Waals surface area (Å²) >= 11 is 3.38. The van der Waals surface area contributed by atoms with Gasteiger partial charge in [-0.15, -0.1) is 0 Å². The molecule has 1 heterocycles. The van der Waals surface area contributed by atoms with Crippen molar-refractivity contribution in [2.45, 2.75) is 10.7 Å². The Morgan fingerprint density at radius 1 is 0.870 bits per heavy atom. The predicted octanol–water partition coefficient (Wildman–Crippen LogP) is -1.75. The van der Waals surface area contributed by atoms with Crippen molar-refractivity contribution in [3.8, 4) is 0 Å². The van der Waals surface area contributed by atoms with Gasteiger partial charge in [0.25, 0.3) is 0 Å². The third-order valence-corrected chi connectivity index (χ3v) is 4.83. The summed E-state index contributed by atoms with van der Waals surface area (Å²) < 4.78 is -0.0773. The molecule has 2 aromatic carbocycles. The van der Waals surface area contributed by atoms with Crippen molar-refractivity contribution in [1.82, 2.24) is 4.98 Å². The number of hydrogen-bond acceptors (Lipinski definition) is 1. The van der Waals surface area contributed by atoms with Gasteiger partial charge < -0.3 is 24.8 Å². The van der Waals surface area contributed by atoms with E-state index in [1.807, 2.05) is 6.07 Å². The van der Waals surface area contributed by atoms with Gasteiger partial charge in [0.15, 0.2) is 0 Å². The molecule has 0 spiro atoms. The molecule has 1 nitrogen and oxygen atoms in total. The number of halogens is 2. The van der Waals surface area contributed by atoms with Gasteiger partial charge in [-0.3, -0.25) is 0 Å². The van der Waals surface area contributed by atoms with E-state index in [0.29, 0.717) is 0 Å². The molecular formula is C19H14Cl2CrN. The molecule has 1 aromatic heterocycles. The molecule has 0 aliphatic heterocycles. The van der Waals surface area contributed by atoms with Gasteiger partial charge >= 0.3 is 133 Å². The van der Waals surface area contributed by atoms with Crippen LogP contribution in [0.15, 0.2) is 66.7 Å². The quantitative estimate of drug-likeness (QED) is 0.515. The first-order valence-electron chi connectivity index (χ1n) is 7.08. The summed E-state index contributed by atoms with van der Waals surface area (Å²) in [4.78, 5) is 4.80. The number of benzene rings is 2. The van der Waals surface area contributed by atoms with E-state index in [0.717, 1.165) is 17.6 Å². The number of para-hydroxylation sites is 1. The summed E-state index contributed by atoms with van der Waals surface area (Å²) in [5.41, 5.74) is 4.83. The van der Waals surface area contributed by atoms with Gasteiger partial charge in [0.1, 0.15) is 0 Å². The van der Waals surface area contributed by atoms with Gasteiger partial charge in [0, 0.05) is 0 Å². The molecule has 0 radical (unpaired) electrons. The van der Waals surface area contributed by atoms with Gasteiger partial charge in [-0.25, -0.2) is 0 Å². The Bertz CT molecular complexity index is 863. The van der Waals surface area contributed by atoms with Crippen LogP contribution in [0.2, 0.25) is 0 Å². The number of fused-ring (bicyclic) bond motifs is 2. The van der Waals surface area contributed by atoms with Crippen molar-refractivity contribution in [2.24, 2.45) is 0 Å². The second-order valence-corrected chi connectivity index (χ2v) is 6.62. The molecule has 23 heavy (non-hydrogen) atoms. The van der Waals surface area contributed by atoms with Crippen LogP contribution in [0.3, 0.4) is 0 Å². The van der Waals surface area contributed by atoms with Crippen LogP contribution < -0.4 is 24.8 Å². The van der Waals surface area contributed by atoms with Crippen molar-refractivity contribution in [3.63, 3.8) is 0 Å². The standard InChI is InChI=1S/C19H14N.2ClH.Cr/c1-3-7-18-14(5-1)9-10-16(18)13-17-12-11-15-6-2-4-8-19(15)20-17;;;/h1-12H,13H2;2*1H;/q;;;+2/p-2. The molecule has 1 atom stereocenters. The zero-order chi connectivity index (χ0) is 14.3. The molecule has 0 bridgehead atoms. The molecule has 1 aliphatic carbocycles. The predicted molar refractivity (Wildman–Crippen MR) is 82.6 cm³/mol. The molecular weight excluding hydrogens is 365 g/mol. The maximum atomic E-state index is 4.80. The summed E-state index contributed by atoms with van der Waals surface area (Å²) in [6.07, 6.45) is 5.34. The number of hydrogen-bond donors (Lipinski definition) is 0. The van der Waals surface area contributed by atoms with Crippen molar-refractivity contribution in [2.75, 3.05) is 0 Å². The number of pyridine rings is 1. The van der Waals surface area contributed by atoms with Crippen molar-refractivity contribution < 1.29 is 41.1 Å². The molecule has 0 amide bonds. The normalized spacial score (nSPS) is 18.0. The Morgan fingerprint density at radius 3 is 2.48 bits per heavy atom. The second kappa shape index (κ2) is 7.08. The fourth-order valence-electron chi connectivity index (χ4n) is 2.97. The number of aromatic nitrogens is 1. The number of rotatable bonds is 2. The summed E-state index contributed by atoms with van der Waals surface area (Å²) in [5.74, 6) is 0. The Morgan fingerprint density at radius 2 is 1.61 bits per heavy atom. The summed E-state index contributed by atoms with van der Waals surface area (Å²) in [7, 11) is 0. The van der Waals surface area contributed by atoms with Crippen LogP contribution in [0.5, 0.6) is 0 Å². The van der Waals surface area contributed by atoms with Crippen molar-refractivity contribution in [1.29, 1.82) is 0 Å². The first-order chi connectivity index (χ1) is 10.2. The maximum absolute atomic E-state index is 4.80. The van der Waals surface area contributed by atoms with E-state index in [4.69, 9.17) is 4.98 Å². The van der Waals surface area contributed by atoms with E-state index in [9.17, 15) is 0 Å². The first-order valence-corrected chi connectivity index (χ1v) is 7.72. The molecule has 1 unspecified atom stereocenters. The van der Waals surface area contributed by atoms with Gasteiger partial charge in [-0.1, -0.05) is 0 Å². The fraction of sp³-hybridized carbons (Fsp3) is 0.105. The molecule has 4 rings (SSSR count). The van der Waals surface area contributed by atoms with E-state index in [2.05, 4.69) is 83.0 Å². The van der Waals surface area contributed by atoms with Gasteiger partial charge in [-0.05, 0) is 0 Å². The summed E-state index contributed by atoms with van der Waals surface area (Å²) in [5, 5.41) is 1.19. The Labute approximate surface area is 157 Å². The van der Waals surface area contributed by atoms with Crippen LogP contribution in [0.25, 0.3) is 17.0 Å². The van der Waals surface area contributed by atoms with E-state index < -0.39 is 0 Å². The topological polar surface area (TPSA) is 12.9 Å². The van der Waals surface area contributed by atoms with E-state index in [1.165, 1.54) is 16.5 Å². The average molecular weight is 379 g/mol. The van der Waals surface area contributed by atoms with E-state index in [1.54, 1.807) is 0 Å². The molecule has 3 aromatic rings. The van der Waals surface area contributed by atoms with Crippen LogP contribution in [0.1, 0.15) is 16.8 Å². The molecule has 1 aliphatic rings. The third kappa shape index (κ3) is 3.32. The second-order valence-electron chi connectivity index (χ2n) is 5.48. The Kier molecular flexibility index (Phi) is 5.55. The number of allylic oxidation sites excluding steroid dienone is 1. The van der Waals surface area contributed by atoms with E-state index in [-0.39, 0.29) is 29.1 Å². The van der Waals surface area contributed by atoms with Crippen LogP contribution in [0, 0.1) is 0 Å². The van der Waals surface area contributed by atoms with Crippen LogP contribution in [-0.2, 0) is 27.0 Å². The van der Waals surface area contributed by atoms with E-state index >= 15 is 0 Å². The minimum atomic E-state index is -0.0773. The third-order valence-electron chi connectivity index (χ3n) is 4.05. The molecule has 0 fully saturated rings. The first kappa shape index (κ1) is 18.0. The Hall–Kier alpha value is -1.30. The average Bonchev–Trinajstić information content (AvgIpc) is 2.85. The zero-order valence-corrected chi connectivity index (χ0v) is 15.0. The van der Waals surface area contributed by atoms with Crippen LogP contribution in [0.4, 0.5) is 0 Å². The van der Waals surface area contributed by atoms with Gasteiger partial charge in [-0.2, -0.15) is 0 Å². The number of nitrogens with zero attached hydrogens (tertiary/aromatic N) is 1. The summed E-state index contributed by atoms with van der Waals surface area (Å²) in [6.45, 7) is 0. The van der Waals surface area contributed by atoms with Gasteiger partial charge in [0.2, 0.25) is 0 Å². The molecule has 115 valence electrons.